The molecule has 1 N–H and O–H groups in total. The first-order valence-electron chi connectivity index (χ1n) is 5.79. The topological polar surface area (TPSA) is 36.4 Å². The van der Waals surface area contributed by atoms with Crippen LogP contribution in [0.15, 0.2) is 0 Å². The standard InChI is InChI=1S/C12H20N2OS/c1-8-10(9(2)15)16-11(13-8)14-6-5-12(3,4)7-14/h9,15H,5-7H2,1-4H3. The number of hydrogen-bond acceptors (Lipinski definition) is 4. The summed E-state index contributed by atoms with van der Waals surface area (Å²) in [7, 11) is 0. The minimum atomic E-state index is -0.401. The summed E-state index contributed by atoms with van der Waals surface area (Å²) >= 11 is 1.63. The molecule has 0 aromatic carbocycles. The highest BCUT2D eigenvalue weighted by Crippen LogP contribution is 2.36. The van der Waals surface area contributed by atoms with E-state index in [9.17, 15) is 5.11 Å². The van der Waals surface area contributed by atoms with Crippen molar-refractivity contribution in [3.63, 3.8) is 0 Å². The van der Waals surface area contributed by atoms with Gasteiger partial charge in [0.2, 0.25) is 0 Å². The van der Waals surface area contributed by atoms with Gasteiger partial charge in [-0.25, -0.2) is 4.98 Å². The Kier molecular flexibility index (Phi) is 2.97. The lowest BCUT2D eigenvalue weighted by Gasteiger charge is -2.18. The Morgan fingerprint density at radius 3 is 2.62 bits per heavy atom. The maximum absolute atomic E-state index is 9.62. The average Bonchev–Trinajstić information content (AvgIpc) is 2.69. The predicted molar refractivity (Wildman–Crippen MR) is 68.1 cm³/mol. The van der Waals surface area contributed by atoms with Gasteiger partial charge in [-0.05, 0) is 25.7 Å². The van der Waals surface area contributed by atoms with Crippen molar-refractivity contribution in [3.05, 3.63) is 10.6 Å². The summed E-state index contributed by atoms with van der Waals surface area (Å²) in [6, 6.07) is 0. The number of hydrogen-bond donors (Lipinski definition) is 1. The molecular formula is C12H20N2OS. The van der Waals surface area contributed by atoms with Crippen LogP contribution >= 0.6 is 11.3 Å². The summed E-state index contributed by atoms with van der Waals surface area (Å²) in [5.41, 5.74) is 1.37. The summed E-state index contributed by atoms with van der Waals surface area (Å²) in [4.78, 5) is 7.90. The fourth-order valence-corrected chi connectivity index (χ4v) is 3.22. The average molecular weight is 240 g/mol. The first-order chi connectivity index (χ1) is 7.39. The summed E-state index contributed by atoms with van der Waals surface area (Å²) in [5.74, 6) is 0. The summed E-state index contributed by atoms with van der Waals surface area (Å²) in [6.07, 6.45) is 0.817. The monoisotopic (exact) mass is 240 g/mol. The number of rotatable bonds is 2. The van der Waals surface area contributed by atoms with Gasteiger partial charge in [-0.1, -0.05) is 25.2 Å². The van der Waals surface area contributed by atoms with Crippen LogP contribution < -0.4 is 4.90 Å². The Morgan fingerprint density at radius 1 is 1.50 bits per heavy atom. The van der Waals surface area contributed by atoms with Gasteiger partial charge in [-0.15, -0.1) is 0 Å². The highest BCUT2D eigenvalue weighted by atomic mass is 32.1. The van der Waals surface area contributed by atoms with E-state index in [4.69, 9.17) is 0 Å². The highest BCUT2D eigenvalue weighted by Gasteiger charge is 2.31. The SMILES string of the molecule is Cc1nc(N2CCC(C)(C)C2)sc1C(C)O. The third kappa shape index (κ3) is 2.23. The molecule has 4 heteroatoms. The zero-order valence-corrected chi connectivity index (χ0v) is 11.3. The van der Waals surface area contributed by atoms with Crippen molar-refractivity contribution in [2.75, 3.05) is 18.0 Å². The van der Waals surface area contributed by atoms with Crippen LogP contribution in [-0.4, -0.2) is 23.2 Å². The largest absolute Gasteiger partial charge is 0.388 e. The fourth-order valence-electron chi connectivity index (χ4n) is 2.19. The Bertz CT molecular complexity index is 384. The van der Waals surface area contributed by atoms with E-state index in [1.165, 1.54) is 6.42 Å². The second-order valence-electron chi connectivity index (χ2n) is 5.46. The smallest absolute Gasteiger partial charge is 0.185 e. The number of aromatic nitrogens is 1. The molecule has 1 aliphatic rings. The first kappa shape index (κ1) is 11.9. The Labute approximate surface area is 101 Å². The summed E-state index contributed by atoms with van der Waals surface area (Å²) in [5, 5.41) is 10.7. The van der Waals surface area contributed by atoms with Crippen LogP contribution in [0, 0.1) is 12.3 Å². The maximum atomic E-state index is 9.62. The third-order valence-corrected chi connectivity index (χ3v) is 4.54. The number of aryl methyl sites for hydroxylation is 1. The van der Waals surface area contributed by atoms with E-state index in [-0.39, 0.29) is 0 Å². The predicted octanol–water partition coefficient (Wildman–Crippen LogP) is 2.74. The van der Waals surface area contributed by atoms with Gasteiger partial charge in [0.15, 0.2) is 5.13 Å². The molecule has 2 heterocycles. The van der Waals surface area contributed by atoms with Crippen LogP contribution in [0.25, 0.3) is 0 Å². The van der Waals surface area contributed by atoms with Crippen molar-refractivity contribution in [3.8, 4) is 0 Å². The van der Waals surface area contributed by atoms with Crippen LogP contribution in [0.2, 0.25) is 0 Å². The van der Waals surface area contributed by atoms with E-state index in [0.717, 1.165) is 28.8 Å². The Morgan fingerprint density at radius 2 is 2.19 bits per heavy atom. The lowest BCUT2D eigenvalue weighted by molar-refractivity contribution is 0.202. The van der Waals surface area contributed by atoms with Crippen LogP contribution in [0.3, 0.4) is 0 Å². The second-order valence-corrected chi connectivity index (χ2v) is 6.47. The number of aliphatic hydroxyl groups excluding tert-OH is 1. The molecule has 0 amide bonds. The molecule has 3 nitrogen and oxygen atoms in total. The zero-order valence-electron chi connectivity index (χ0n) is 10.4. The van der Waals surface area contributed by atoms with Gasteiger partial charge in [-0.2, -0.15) is 0 Å². The number of nitrogens with zero attached hydrogens (tertiary/aromatic N) is 2. The van der Waals surface area contributed by atoms with E-state index in [1.807, 2.05) is 6.92 Å². The van der Waals surface area contributed by atoms with Crippen molar-refractivity contribution < 1.29 is 5.11 Å². The van der Waals surface area contributed by atoms with Crippen LogP contribution in [0.5, 0.6) is 0 Å². The van der Waals surface area contributed by atoms with Gasteiger partial charge in [0.05, 0.1) is 16.7 Å². The van der Waals surface area contributed by atoms with E-state index >= 15 is 0 Å². The molecule has 0 radical (unpaired) electrons. The van der Waals surface area contributed by atoms with Gasteiger partial charge in [0, 0.05) is 13.1 Å². The molecule has 90 valence electrons. The minimum absolute atomic E-state index is 0.393. The molecule has 2 rings (SSSR count). The normalized spacial score (nSPS) is 21.4. The van der Waals surface area contributed by atoms with Gasteiger partial charge >= 0.3 is 0 Å². The molecule has 0 bridgehead atoms. The molecule has 1 atom stereocenters. The number of aliphatic hydroxyl groups is 1. The Hall–Kier alpha value is -0.610. The quantitative estimate of drug-likeness (QED) is 0.863. The lowest BCUT2D eigenvalue weighted by Crippen LogP contribution is -2.22. The molecule has 1 fully saturated rings. The molecule has 16 heavy (non-hydrogen) atoms. The van der Waals surface area contributed by atoms with Crippen molar-refractivity contribution in [1.29, 1.82) is 0 Å². The van der Waals surface area contributed by atoms with E-state index in [1.54, 1.807) is 18.3 Å². The molecule has 1 saturated heterocycles. The molecule has 0 spiro atoms. The molecule has 1 aliphatic heterocycles. The van der Waals surface area contributed by atoms with Crippen LogP contribution in [0.4, 0.5) is 5.13 Å². The molecule has 1 unspecified atom stereocenters. The van der Waals surface area contributed by atoms with Crippen molar-refractivity contribution in [2.24, 2.45) is 5.41 Å². The molecular weight excluding hydrogens is 220 g/mol. The lowest BCUT2D eigenvalue weighted by atomic mass is 9.93. The molecule has 1 aromatic rings. The van der Waals surface area contributed by atoms with E-state index in [2.05, 4.69) is 23.7 Å². The molecule has 0 aliphatic carbocycles. The van der Waals surface area contributed by atoms with Crippen LogP contribution in [0.1, 0.15) is 43.9 Å². The molecule has 0 saturated carbocycles. The summed E-state index contributed by atoms with van der Waals surface area (Å²) in [6.45, 7) is 10.5. The summed E-state index contributed by atoms with van der Waals surface area (Å²) < 4.78 is 0. The fraction of sp³-hybridized carbons (Fsp3) is 0.750. The van der Waals surface area contributed by atoms with Crippen LogP contribution in [-0.2, 0) is 0 Å². The number of thiazole rings is 1. The number of anilines is 1. The zero-order chi connectivity index (χ0) is 11.9. The van der Waals surface area contributed by atoms with Gasteiger partial charge in [-0.3, -0.25) is 0 Å². The van der Waals surface area contributed by atoms with Gasteiger partial charge in [0.25, 0.3) is 0 Å². The van der Waals surface area contributed by atoms with Gasteiger partial charge in [0.1, 0.15) is 0 Å². The van der Waals surface area contributed by atoms with Crippen molar-refractivity contribution >= 4 is 16.5 Å². The molecule has 1 aromatic heterocycles. The highest BCUT2D eigenvalue weighted by molar-refractivity contribution is 7.15. The van der Waals surface area contributed by atoms with Gasteiger partial charge < -0.3 is 10.0 Å². The van der Waals surface area contributed by atoms with Crippen molar-refractivity contribution in [1.82, 2.24) is 4.98 Å². The third-order valence-electron chi connectivity index (χ3n) is 3.15. The second kappa shape index (κ2) is 4.00. The first-order valence-corrected chi connectivity index (χ1v) is 6.61. The van der Waals surface area contributed by atoms with E-state index < -0.39 is 6.10 Å². The van der Waals surface area contributed by atoms with E-state index in [0.29, 0.717) is 5.41 Å². The Balaban J connectivity index is 2.20. The maximum Gasteiger partial charge on any atom is 0.185 e. The van der Waals surface area contributed by atoms with Crippen molar-refractivity contribution in [2.45, 2.75) is 40.2 Å². The minimum Gasteiger partial charge on any atom is -0.388 e.